The molecule has 0 saturated carbocycles. The van der Waals surface area contributed by atoms with E-state index >= 15 is 0 Å². The highest BCUT2D eigenvalue weighted by Gasteiger charge is 2.40. The Labute approximate surface area is 227 Å². The normalized spacial score (nSPS) is 15.3. The van der Waals surface area contributed by atoms with E-state index in [0.717, 1.165) is 51.3 Å². The number of likely N-dealkylation sites (N-methyl/N-ethyl adjacent to an activating group) is 1. The van der Waals surface area contributed by atoms with Gasteiger partial charge in [-0.25, -0.2) is 4.79 Å². The standard InChI is InChI=1S/C21H32N4O.C6H8O7/c1-4-18(16-24-12-10-23(3)11-13-24)22-21(26)14-17-15-25(5-2)20-9-7-6-8-19(17)20;7-3(8)1-6(13,5(11)12)2-4(9)10/h6-9,15,18H,4-5,10-14,16H2,1-3H3,(H,22,26);13H,1-2H2,(H,7,8)(H,9,10)(H,11,12). The first-order chi connectivity index (χ1) is 18.4. The molecule has 1 amide bonds. The zero-order chi connectivity index (χ0) is 29.2. The molecule has 1 atom stereocenters. The molecule has 0 bridgehead atoms. The molecule has 216 valence electrons. The van der Waals surface area contributed by atoms with Crippen LogP contribution in [0.1, 0.15) is 38.7 Å². The maximum absolute atomic E-state index is 12.7. The van der Waals surface area contributed by atoms with E-state index in [4.69, 9.17) is 20.4 Å². The topological polar surface area (TPSA) is 173 Å². The first kappa shape index (κ1) is 31.7. The van der Waals surface area contributed by atoms with Crippen molar-refractivity contribution in [1.82, 2.24) is 19.7 Å². The number of nitrogens with one attached hydrogen (secondary N) is 1. The van der Waals surface area contributed by atoms with Crippen LogP contribution in [0.25, 0.3) is 10.9 Å². The Kier molecular flexibility index (Phi) is 11.9. The molecule has 1 aromatic heterocycles. The number of nitrogens with zero attached hydrogens (tertiary/aromatic N) is 3. The van der Waals surface area contributed by atoms with Crippen molar-refractivity contribution in [3.63, 3.8) is 0 Å². The molecule has 39 heavy (non-hydrogen) atoms. The molecular weight excluding hydrogens is 508 g/mol. The number of aliphatic carboxylic acids is 3. The van der Waals surface area contributed by atoms with Gasteiger partial charge in [0, 0.05) is 62.4 Å². The summed E-state index contributed by atoms with van der Waals surface area (Å²) in [7, 11) is 2.17. The molecule has 12 heteroatoms. The lowest BCUT2D eigenvalue weighted by molar-refractivity contribution is -0.170. The summed E-state index contributed by atoms with van der Waals surface area (Å²) in [6.45, 7) is 10.6. The Bertz CT molecular complexity index is 1120. The predicted octanol–water partition coefficient (Wildman–Crippen LogP) is 1.10. The van der Waals surface area contributed by atoms with Crippen molar-refractivity contribution in [2.45, 2.75) is 57.7 Å². The average Bonchev–Trinajstić information content (AvgIpc) is 3.21. The van der Waals surface area contributed by atoms with Crippen LogP contribution >= 0.6 is 0 Å². The number of benzene rings is 1. The van der Waals surface area contributed by atoms with E-state index < -0.39 is 36.4 Å². The number of rotatable bonds is 12. The molecule has 0 aliphatic carbocycles. The average molecular weight is 549 g/mol. The molecule has 12 nitrogen and oxygen atoms in total. The molecule has 1 unspecified atom stereocenters. The number of carbonyl (C=O) groups excluding carboxylic acids is 1. The quantitative estimate of drug-likeness (QED) is 0.258. The monoisotopic (exact) mass is 548 g/mol. The summed E-state index contributed by atoms with van der Waals surface area (Å²) < 4.78 is 2.22. The second-order valence-corrected chi connectivity index (χ2v) is 9.89. The lowest BCUT2D eigenvalue weighted by Crippen LogP contribution is -2.50. The molecule has 1 fully saturated rings. The zero-order valence-corrected chi connectivity index (χ0v) is 22.8. The molecule has 2 aromatic rings. The van der Waals surface area contributed by atoms with Crippen LogP contribution in [0.3, 0.4) is 0 Å². The van der Waals surface area contributed by atoms with Crippen LogP contribution in [-0.4, -0.2) is 110 Å². The second kappa shape index (κ2) is 14.6. The van der Waals surface area contributed by atoms with Crippen molar-refractivity contribution < 1.29 is 39.6 Å². The van der Waals surface area contributed by atoms with Gasteiger partial charge in [0.05, 0.1) is 19.3 Å². The van der Waals surface area contributed by atoms with E-state index in [0.29, 0.717) is 6.42 Å². The summed E-state index contributed by atoms with van der Waals surface area (Å²) in [5.41, 5.74) is -0.408. The first-order valence-corrected chi connectivity index (χ1v) is 13.0. The van der Waals surface area contributed by atoms with Gasteiger partial charge < -0.3 is 35.2 Å². The third-order valence-corrected chi connectivity index (χ3v) is 6.78. The third-order valence-electron chi connectivity index (χ3n) is 6.78. The van der Waals surface area contributed by atoms with Crippen LogP contribution in [0.5, 0.6) is 0 Å². The lowest BCUT2D eigenvalue weighted by atomic mass is 9.96. The van der Waals surface area contributed by atoms with Crippen LogP contribution in [0.4, 0.5) is 0 Å². The van der Waals surface area contributed by atoms with E-state index in [-0.39, 0.29) is 11.9 Å². The van der Waals surface area contributed by atoms with E-state index in [1.165, 1.54) is 10.9 Å². The van der Waals surface area contributed by atoms with Crippen LogP contribution in [0, 0.1) is 0 Å². The van der Waals surface area contributed by atoms with Crippen molar-refractivity contribution in [3.05, 3.63) is 36.0 Å². The van der Waals surface area contributed by atoms with E-state index in [9.17, 15) is 19.2 Å². The van der Waals surface area contributed by atoms with E-state index in [1.807, 2.05) is 6.07 Å². The number of aliphatic hydroxyl groups is 1. The number of aromatic nitrogens is 1. The minimum absolute atomic E-state index is 0.130. The predicted molar refractivity (Wildman–Crippen MR) is 145 cm³/mol. The molecule has 1 aliphatic rings. The van der Waals surface area contributed by atoms with E-state index in [2.05, 4.69) is 65.0 Å². The number of hydrogen-bond acceptors (Lipinski definition) is 7. The van der Waals surface area contributed by atoms with Gasteiger partial charge in [0.2, 0.25) is 5.91 Å². The fourth-order valence-corrected chi connectivity index (χ4v) is 4.51. The minimum atomic E-state index is -2.74. The Morgan fingerprint density at radius 3 is 2.08 bits per heavy atom. The highest BCUT2D eigenvalue weighted by Crippen LogP contribution is 2.22. The smallest absolute Gasteiger partial charge is 0.336 e. The van der Waals surface area contributed by atoms with Gasteiger partial charge in [-0.1, -0.05) is 25.1 Å². The number of carboxylic acid groups (broad SMARTS) is 3. The van der Waals surface area contributed by atoms with E-state index in [1.54, 1.807) is 0 Å². The lowest BCUT2D eigenvalue weighted by Gasteiger charge is -2.34. The molecule has 1 aliphatic heterocycles. The highest BCUT2D eigenvalue weighted by molar-refractivity contribution is 5.89. The Hall–Kier alpha value is -3.48. The van der Waals surface area contributed by atoms with Crippen LogP contribution < -0.4 is 5.32 Å². The Balaban J connectivity index is 0.000000349. The Morgan fingerprint density at radius 2 is 1.56 bits per heavy atom. The Morgan fingerprint density at radius 1 is 0.974 bits per heavy atom. The number of carboxylic acids is 3. The number of fused-ring (bicyclic) bond motifs is 1. The van der Waals surface area contributed by atoms with Gasteiger partial charge in [-0.05, 0) is 32.0 Å². The number of para-hydroxylation sites is 1. The fraction of sp³-hybridized carbons (Fsp3) is 0.556. The SMILES string of the molecule is CCC(CN1CCN(C)CC1)NC(=O)Cc1cn(CC)c2ccccc12.O=C(O)CC(O)(CC(=O)O)C(=O)O. The van der Waals surface area contributed by atoms with Crippen LogP contribution in [-0.2, 0) is 32.1 Å². The summed E-state index contributed by atoms with van der Waals surface area (Å²) in [6, 6.07) is 8.58. The van der Waals surface area contributed by atoms with Gasteiger partial charge >= 0.3 is 17.9 Å². The minimum Gasteiger partial charge on any atom is -0.481 e. The maximum atomic E-state index is 12.7. The van der Waals surface area contributed by atoms with Gasteiger partial charge in [-0.2, -0.15) is 0 Å². The molecule has 1 saturated heterocycles. The molecule has 1 aromatic carbocycles. The van der Waals surface area contributed by atoms with Crippen LogP contribution in [0.15, 0.2) is 30.5 Å². The van der Waals surface area contributed by atoms with Gasteiger partial charge in [0.15, 0.2) is 5.60 Å². The summed E-state index contributed by atoms with van der Waals surface area (Å²) in [6.07, 6.45) is 1.26. The maximum Gasteiger partial charge on any atom is 0.336 e. The third kappa shape index (κ3) is 9.65. The number of piperazine rings is 1. The van der Waals surface area contributed by atoms with Gasteiger partial charge in [-0.3, -0.25) is 19.3 Å². The number of carbonyl (C=O) groups is 4. The number of aryl methyl sites for hydroxylation is 1. The molecule has 5 N–H and O–H groups in total. The van der Waals surface area contributed by atoms with Crippen molar-refractivity contribution in [1.29, 1.82) is 0 Å². The van der Waals surface area contributed by atoms with Crippen molar-refractivity contribution >= 4 is 34.7 Å². The van der Waals surface area contributed by atoms with Gasteiger partial charge in [0.1, 0.15) is 0 Å². The first-order valence-electron chi connectivity index (χ1n) is 13.0. The largest absolute Gasteiger partial charge is 0.481 e. The van der Waals surface area contributed by atoms with Gasteiger partial charge in [-0.15, -0.1) is 0 Å². The van der Waals surface area contributed by atoms with Crippen molar-refractivity contribution in [2.24, 2.45) is 0 Å². The van der Waals surface area contributed by atoms with Crippen LogP contribution in [0.2, 0.25) is 0 Å². The summed E-state index contributed by atoms with van der Waals surface area (Å²) >= 11 is 0. The second-order valence-electron chi connectivity index (χ2n) is 9.89. The van der Waals surface area contributed by atoms with Gasteiger partial charge in [0.25, 0.3) is 0 Å². The molecular formula is C27H40N4O8. The molecule has 0 radical (unpaired) electrons. The zero-order valence-electron chi connectivity index (χ0n) is 22.8. The van der Waals surface area contributed by atoms with Crippen molar-refractivity contribution in [3.8, 4) is 0 Å². The molecule has 3 rings (SSSR count). The fourth-order valence-electron chi connectivity index (χ4n) is 4.51. The number of hydrogen-bond donors (Lipinski definition) is 5. The molecule has 0 spiro atoms. The highest BCUT2D eigenvalue weighted by atomic mass is 16.4. The van der Waals surface area contributed by atoms with Crippen molar-refractivity contribution in [2.75, 3.05) is 39.8 Å². The number of amides is 1. The summed E-state index contributed by atoms with van der Waals surface area (Å²) in [4.78, 5) is 48.0. The summed E-state index contributed by atoms with van der Waals surface area (Å²) in [5.74, 6) is -4.89. The summed E-state index contributed by atoms with van der Waals surface area (Å²) in [5, 5.41) is 38.3. The molecule has 2 heterocycles.